The molecule has 0 radical (unpaired) electrons. The predicted molar refractivity (Wildman–Crippen MR) is 93.3 cm³/mol. The van der Waals surface area contributed by atoms with E-state index in [1.54, 1.807) is 12.1 Å². The fourth-order valence-corrected chi connectivity index (χ4v) is 2.55. The molecule has 0 saturated carbocycles. The van der Waals surface area contributed by atoms with Crippen LogP contribution in [0.5, 0.6) is 11.5 Å². The lowest BCUT2D eigenvalue weighted by Gasteiger charge is -2.09. The molecule has 0 atom stereocenters. The maximum absolute atomic E-state index is 11.6. The number of nitrogens with zero attached hydrogens (tertiary/aromatic N) is 2. The molecule has 0 saturated heterocycles. The van der Waals surface area contributed by atoms with Gasteiger partial charge in [-0.25, -0.2) is 0 Å². The average Bonchev–Trinajstić information content (AvgIpc) is 3.09. The van der Waals surface area contributed by atoms with Crippen LogP contribution in [0, 0.1) is 0 Å². The molecular formula is C17H14BrN3O4. The Balaban J connectivity index is 1.76. The number of benzene rings is 2. The lowest BCUT2D eigenvalue weighted by molar-refractivity contribution is 0.0994. The molecule has 0 unspecified atom stereocenters. The second kappa shape index (κ2) is 7.35. The molecule has 1 heterocycles. The first-order chi connectivity index (χ1) is 12.1. The number of carbonyl (C=O) groups excluding carboxylic acids is 1. The van der Waals surface area contributed by atoms with Gasteiger partial charge in [0.15, 0.2) is 6.61 Å². The lowest BCUT2D eigenvalue weighted by atomic mass is 10.2. The SMILES string of the molecule is COc1ccc(OCc2nc(-c3cccc(Br)c3)no2)c(C(N)=O)c1. The fraction of sp³-hybridized carbons (Fsp3) is 0.118. The maximum Gasteiger partial charge on any atom is 0.264 e. The van der Waals surface area contributed by atoms with E-state index in [0.29, 0.717) is 17.3 Å². The van der Waals surface area contributed by atoms with Gasteiger partial charge in [0.25, 0.3) is 11.8 Å². The zero-order valence-corrected chi connectivity index (χ0v) is 14.8. The molecule has 7 nitrogen and oxygen atoms in total. The molecule has 3 rings (SSSR count). The number of nitrogens with two attached hydrogens (primary N) is 1. The summed E-state index contributed by atoms with van der Waals surface area (Å²) in [5.74, 6) is 0.937. The predicted octanol–water partition coefficient (Wildman–Crippen LogP) is 3.19. The molecule has 25 heavy (non-hydrogen) atoms. The minimum absolute atomic E-state index is 0.00755. The fourth-order valence-electron chi connectivity index (χ4n) is 2.15. The summed E-state index contributed by atoms with van der Waals surface area (Å²) in [5.41, 5.74) is 6.40. The normalized spacial score (nSPS) is 10.5. The Hall–Kier alpha value is -2.87. The number of carbonyl (C=O) groups is 1. The molecule has 0 fully saturated rings. The maximum atomic E-state index is 11.6. The molecule has 2 aromatic carbocycles. The number of ether oxygens (including phenoxy) is 2. The summed E-state index contributed by atoms with van der Waals surface area (Å²) in [7, 11) is 1.50. The van der Waals surface area contributed by atoms with Crippen molar-refractivity contribution < 1.29 is 18.8 Å². The van der Waals surface area contributed by atoms with Crippen LogP contribution in [-0.4, -0.2) is 23.2 Å². The Morgan fingerprint density at radius 3 is 2.84 bits per heavy atom. The summed E-state index contributed by atoms with van der Waals surface area (Å²) in [4.78, 5) is 15.8. The molecular weight excluding hydrogens is 390 g/mol. The molecule has 0 spiro atoms. The van der Waals surface area contributed by atoms with Crippen LogP contribution in [0.4, 0.5) is 0 Å². The van der Waals surface area contributed by atoms with Crippen LogP contribution >= 0.6 is 15.9 Å². The third kappa shape index (κ3) is 3.97. The van der Waals surface area contributed by atoms with Crippen LogP contribution in [0.1, 0.15) is 16.2 Å². The first kappa shape index (κ1) is 17.0. The molecule has 3 aromatic rings. The summed E-state index contributed by atoms with van der Waals surface area (Å²) < 4.78 is 16.8. The smallest absolute Gasteiger partial charge is 0.264 e. The standard InChI is InChI=1S/C17H14BrN3O4/c1-23-12-5-6-14(13(8-12)16(19)22)24-9-15-20-17(21-25-15)10-3-2-4-11(18)7-10/h2-8H,9H2,1H3,(H2,19,22). The van der Waals surface area contributed by atoms with Gasteiger partial charge < -0.3 is 19.7 Å². The molecule has 8 heteroatoms. The van der Waals surface area contributed by atoms with E-state index >= 15 is 0 Å². The Bertz CT molecular complexity index is 910. The van der Waals surface area contributed by atoms with E-state index in [2.05, 4.69) is 26.1 Å². The number of aromatic nitrogens is 2. The topological polar surface area (TPSA) is 100 Å². The summed E-state index contributed by atoms with van der Waals surface area (Å²) in [6.07, 6.45) is 0. The van der Waals surface area contributed by atoms with Gasteiger partial charge in [0.1, 0.15) is 11.5 Å². The minimum Gasteiger partial charge on any atom is -0.497 e. The minimum atomic E-state index is -0.616. The zero-order valence-electron chi connectivity index (χ0n) is 13.2. The number of halogens is 1. The quantitative estimate of drug-likeness (QED) is 0.677. The average molecular weight is 404 g/mol. The van der Waals surface area contributed by atoms with E-state index in [1.807, 2.05) is 24.3 Å². The van der Waals surface area contributed by atoms with Crippen LogP contribution < -0.4 is 15.2 Å². The van der Waals surface area contributed by atoms with Crippen molar-refractivity contribution in [2.24, 2.45) is 5.73 Å². The number of primary amides is 1. The van der Waals surface area contributed by atoms with Crippen LogP contribution in [0.3, 0.4) is 0 Å². The van der Waals surface area contributed by atoms with Gasteiger partial charge in [0.2, 0.25) is 5.82 Å². The third-order valence-corrected chi connectivity index (χ3v) is 3.85. The second-order valence-corrected chi connectivity index (χ2v) is 5.95. The highest BCUT2D eigenvalue weighted by atomic mass is 79.9. The van der Waals surface area contributed by atoms with Gasteiger partial charge in [0, 0.05) is 10.0 Å². The summed E-state index contributed by atoms with van der Waals surface area (Å²) in [6.45, 7) is 0.00755. The highest BCUT2D eigenvalue weighted by Crippen LogP contribution is 2.25. The van der Waals surface area contributed by atoms with Crippen LogP contribution in [0.2, 0.25) is 0 Å². The van der Waals surface area contributed by atoms with Crippen molar-refractivity contribution in [1.29, 1.82) is 0 Å². The number of amides is 1. The van der Waals surface area contributed by atoms with Gasteiger partial charge in [-0.1, -0.05) is 33.2 Å². The molecule has 2 N–H and O–H groups in total. The van der Waals surface area contributed by atoms with E-state index in [0.717, 1.165) is 10.0 Å². The Morgan fingerprint density at radius 1 is 1.28 bits per heavy atom. The van der Waals surface area contributed by atoms with Crippen molar-refractivity contribution in [3.8, 4) is 22.9 Å². The van der Waals surface area contributed by atoms with E-state index < -0.39 is 5.91 Å². The first-order valence-corrected chi connectivity index (χ1v) is 8.05. The Labute approximate surface area is 151 Å². The summed E-state index contributed by atoms with van der Waals surface area (Å²) in [5, 5.41) is 3.93. The van der Waals surface area contributed by atoms with E-state index in [1.165, 1.54) is 13.2 Å². The third-order valence-electron chi connectivity index (χ3n) is 3.35. The molecule has 0 bridgehead atoms. The van der Waals surface area contributed by atoms with Crippen molar-refractivity contribution in [2.75, 3.05) is 7.11 Å². The largest absolute Gasteiger partial charge is 0.497 e. The number of rotatable bonds is 6. The molecule has 0 aliphatic heterocycles. The van der Waals surface area contributed by atoms with E-state index in [-0.39, 0.29) is 18.1 Å². The van der Waals surface area contributed by atoms with Crippen molar-refractivity contribution >= 4 is 21.8 Å². The van der Waals surface area contributed by atoms with Crippen molar-refractivity contribution in [3.05, 3.63) is 58.4 Å². The molecule has 1 aromatic heterocycles. The van der Waals surface area contributed by atoms with Crippen molar-refractivity contribution in [2.45, 2.75) is 6.61 Å². The van der Waals surface area contributed by atoms with Gasteiger partial charge in [-0.2, -0.15) is 4.98 Å². The Kier molecular flexibility index (Phi) is 4.99. The number of hydrogen-bond acceptors (Lipinski definition) is 6. The zero-order chi connectivity index (χ0) is 17.8. The van der Waals surface area contributed by atoms with E-state index in [4.69, 9.17) is 19.7 Å². The molecule has 0 aliphatic carbocycles. The van der Waals surface area contributed by atoms with Gasteiger partial charge in [-0.05, 0) is 30.3 Å². The highest BCUT2D eigenvalue weighted by Gasteiger charge is 2.14. The Morgan fingerprint density at radius 2 is 2.12 bits per heavy atom. The second-order valence-electron chi connectivity index (χ2n) is 5.04. The first-order valence-electron chi connectivity index (χ1n) is 7.26. The summed E-state index contributed by atoms with van der Waals surface area (Å²) >= 11 is 3.40. The van der Waals surface area contributed by atoms with Crippen molar-refractivity contribution in [1.82, 2.24) is 10.1 Å². The lowest BCUT2D eigenvalue weighted by Crippen LogP contribution is -2.13. The van der Waals surface area contributed by atoms with Crippen LogP contribution in [0.15, 0.2) is 51.5 Å². The monoisotopic (exact) mass is 403 g/mol. The van der Waals surface area contributed by atoms with Crippen LogP contribution in [-0.2, 0) is 6.61 Å². The van der Waals surface area contributed by atoms with Gasteiger partial charge in [-0.3, -0.25) is 4.79 Å². The van der Waals surface area contributed by atoms with Crippen molar-refractivity contribution in [3.63, 3.8) is 0 Å². The number of hydrogen-bond donors (Lipinski definition) is 1. The van der Waals surface area contributed by atoms with Gasteiger partial charge >= 0.3 is 0 Å². The molecule has 0 aliphatic rings. The molecule has 128 valence electrons. The van der Waals surface area contributed by atoms with Gasteiger partial charge in [-0.15, -0.1) is 0 Å². The van der Waals surface area contributed by atoms with Crippen LogP contribution in [0.25, 0.3) is 11.4 Å². The highest BCUT2D eigenvalue weighted by molar-refractivity contribution is 9.10. The number of methoxy groups -OCH3 is 1. The van der Waals surface area contributed by atoms with Gasteiger partial charge in [0.05, 0.1) is 12.7 Å². The van der Waals surface area contributed by atoms with E-state index in [9.17, 15) is 4.79 Å². The molecule has 1 amide bonds. The summed E-state index contributed by atoms with van der Waals surface area (Å²) in [6, 6.07) is 12.3.